The molecule has 0 radical (unpaired) electrons. The first-order valence-corrected chi connectivity index (χ1v) is 10.7. The van der Waals surface area contributed by atoms with Gasteiger partial charge >= 0.3 is 0 Å². The topological polar surface area (TPSA) is 69.9 Å². The van der Waals surface area contributed by atoms with Crippen molar-refractivity contribution >= 4 is 22.4 Å². The van der Waals surface area contributed by atoms with Gasteiger partial charge in [-0.1, -0.05) is 12.1 Å². The molecule has 170 valence electrons. The molecule has 0 saturated heterocycles. The van der Waals surface area contributed by atoms with Crippen molar-refractivity contribution in [1.82, 2.24) is 5.32 Å². The van der Waals surface area contributed by atoms with Crippen LogP contribution in [0, 0.1) is 0 Å². The number of hydrogen-bond donors (Lipinski definition) is 1. The van der Waals surface area contributed by atoms with Crippen molar-refractivity contribution in [3.05, 3.63) is 54.3 Å². The van der Waals surface area contributed by atoms with E-state index in [1.54, 1.807) is 26.6 Å². The highest BCUT2D eigenvalue weighted by Gasteiger charge is 2.15. The van der Waals surface area contributed by atoms with Gasteiger partial charge in [-0.15, -0.1) is 0 Å². The normalized spacial score (nSPS) is 11.8. The summed E-state index contributed by atoms with van der Waals surface area (Å²) >= 11 is 0. The van der Waals surface area contributed by atoms with Crippen LogP contribution in [-0.2, 0) is 9.53 Å². The molecular formula is C26H31NO5. The molecular weight excluding hydrogens is 406 g/mol. The fourth-order valence-corrected chi connectivity index (χ4v) is 3.45. The van der Waals surface area contributed by atoms with Gasteiger partial charge in [0, 0.05) is 41.8 Å². The Bertz CT molecular complexity index is 1080. The maximum atomic E-state index is 12.4. The van der Waals surface area contributed by atoms with Crippen LogP contribution < -0.4 is 14.8 Å². The average molecular weight is 438 g/mol. The van der Waals surface area contributed by atoms with E-state index in [9.17, 15) is 4.79 Å². The lowest BCUT2D eigenvalue weighted by Crippen LogP contribution is -2.23. The number of allylic oxidation sites excluding steroid dienone is 1. The first kappa shape index (κ1) is 23.4. The predicted octanol–water partition coefficient (Wildman–Crippen LogP) is 5.45. The van der Waals surface area contributed by atoms with Gasteiger partial charge in [0.05, 0.1) is 26.6 Å². The van der Waals surface area contributed by atoms with Crippen LogP contribution in [0.2, 0.25) is 0 Å². The zero-order valence-corrected chi connectivity index (χ0v) is 19.4. The third-order valence-electron chi connectivity index (χ3n) is 5.14. The summed E-state index contributed by atoms with van der Waals surface area (Å²) in [4.78, 5) is 12.4. The fraction of sp³-hybridized carbons (Fsp3) is 0.346. The largest absolute Gasteiger partial charge is 0.497 e. The second-order valence-electron chi connectivity index (χ2n) is 7.82. The molecule has 1 aromatic heterocycles. The molecule has 0 aliphatic rings. The third kappa shape index (κ3) is 5.71. The summed E-state index contributed by atoms with van der Waals surface area (Å²) in [5.41, 5.74) is 4.35. The molecule has 0 spiro atoms. The van der Waals surface area contributed by atoms with Crippen LogP contribution in [0.25, 0.3) is 27.7 Å². The van der Waals surface area contributed by atoms with Crippen molar-refractivity contribution in [1.29, 1.82) is 0 Å². The van der Waals surface area contributed by atoms with Crippen molar-refractivity contribution in [2.45, 2.75) is 33.3 Å². The molecule has 0 saturated carbocycles. The maximum absolute atomic E-state index is 12.4. The SMILES string of the molecule is COc1ccc(-c2coc3cc(OC)c(/C(C)=C/C(=O)NCCCOC(C)C)cc23)cc1. The van der Waals surface area contributed by atoms with Gasteiger partial charge in [0.15, 0.2) is 0 Å². The zero-order valence-electron chi connectivity index (χ0n) is 19.4. The van der Waals surface area contributed by atoms with Crippen LogP contribution in [0.15, 0.2) is 53.2 Å². The van der Waals surface area contributed by atoms with Crippen LogP contribution in [0.5, 0.6) is 11.5 Å². The van der Waals surface area contributed by atoms with Crippen LogP contribution in [0.1, 0.15) is 32.8 Å². The average Bonchev–Trinajstić information content (AvgIpc) is 3.20. The van der Waals surface area contributed by atoms with E-state index >= 15 is 0 Å². The zero-order chi connectivity index (χ0) is 23.1. The second kappa shape index (κ2) is 10.9. The molecule has 6 heteroatoms. The maximum Gasteiger partial charge on any atom is 0.244 e. The highest BCUT2D eigenvalue weighted by atomic mass is 16.5. The van der Waals surface area contributed by atoms with Crippen LogP contribution in [0.4, 0.5) is 0 Å². The Labute approximate surface area is 189 Å². The molecule has 0 aliphatic heterocycles. The quantitative estimate of drug-likeness (QED) is 0.337. The van der Waals surface area contributed by atoms with E-state index in [0.29, 0.717) is 18.9 Å². The molecule has 0 aliphatic carbocycles. The van der Waals surface area contributed by atoms with E-state index in [-0.39, 0.29) is 12.0 Å². The van der Waals surface area contributed by atoms with Gasteiger partial charge in [-0.2, -0.15) is 0 Å². The summed E-state index contributed by atoms with van der Waals surface area (Å²) in [5.74, 6) is 1.31. The lowest BCUT2D eigenvalue weighted by molar-refractivity contribution is -0.116. The van der Waals surface area contributed by atoms with E-state index < -0.39 is 0 Å². The summed E-state index contributed by atoms with van der Waals surface area (Å²) in [6, 6.07) is 11.7. The third-order valence-corrected chi connectivity index (χ3v) is 5.14. The number of furan rings is 1. The van der Waals surface area contributed by atoms with Gasteiger partial charge in [-0.05, 0) is 56.5 Å². The smallest absolute Gasteiger partial charge is 0.244 e. The van der Waals surface area contributed by atoms with Crippen molar-refractivity contribution < 1.29 is 23.4 Å². The Balaban J connectivity index is 1.83. The number of carbonyl (C=O) groups is 1. The molecule has 1 N–H and O–H groups in total. The minimum absolute atomic E-state index is 0.142. The van der Waals surface area contributed by atoms with Gasteiger partial charge in [-0.25, -0.2) is 0 Å². The number of methoxy groups -OCH3 is 2. The molecule has 3 aromatic rings. The number of carbonyl (C=O) groups excluding carboxylic acids is 1. The summed E-state index contributed by atoms with van der Waals surface area (Å²) < 4.78 is 22.1. The van der Waals surface area contributed by atoms with Crippen molar-refractivity contribution in [3.63, 3.8) is 0 Å². The molecule has 0 atom stereocenters. The number of rotatable bonds is 10. The second-order valence-corrected chi connectivity index (χ2v) is 7.82. The van der Waals surface area contributed by atoms with Crippen molar-refractivity contribution in [3.8, 4) is 22.6 Å². The monoisotopic (exact) mass is 437 g/mol. The minimum atomic E-state index is -0.142. The summed E-state index contributed by atoms with van der Waals surface area (Å²) in [6.07, 6.45) is 4.30. The molecule has 32 heavy (non-hydrogen) atoms. The predicted molar refractivity (Wildman–Crippen MR) is 127 cm³/mol. The lowest BCUT2D eigenvalue weighted by Gasteiger charge is -2.11. The van der Waals surface area contributed by atoms with E-state index in [1.165, 1.54) is 0 Å². The number of hydrogen-bond acceptors (Lipinski definition) is 5. The Morgan fingerprint density at radius 1 is 1.12 bits per heavy atom. The van der Waals surface area contributed by atoms with Crippen LogP contribution in [-0.4, -0.2) is 39.4 Å². The molecule has 2 aromatic carbocycles. The highest BCUT2D eigenvalue weighted by molar-refractivity contribution is 6.00. The number of amides is 1. The minimum Gasteiger partial charge on any atom is -0.497 e. The Morgan fingerprint density at radius 3 is 2.53 bits per heavy atom. The number of fused-ring (bicyclic) bond motifs is 1. The van der Waals surface area contributed by atoms with E-state index in [0.717, 1.165) is 45.4 Å². The molecule has 0 fully saturated rings. The van der Waals surface area contributed by atoms with Crippen molar-refractivity contribution in [2.24, 2.45) is 0 Å². The fourth-order valence-electron chi connectivity index (χ4n) is 3.45. The standard InChI is InChI=1S/C26H31NO5/c1-17(2)31-12-6-11-27-26(28)13-18(3)21-14-22-23(16-32-25(22)15-24(21)30-5)19-7-9-20(29-4)10-8-19/h7-10,13-17H,6,11-12H2,1-5H3,(H,27,28)/b18-13+. The van der Waals surface area contributed by atoms with Gasteiger partial charge in [-0.3, -0.25) is 4.79 Å². The summed E-state index contributed by atoms with van der Waals surface area (Å²) in [6.45, 7) is 7.08. The summed E-state index contributed by atoms with van der Waals surface area (Å²) in [5, 5.41) is 3.86. The van der Waals surface area contributed by atoms with Gasteiger partial charge in [0.25, 0.3) is 0 Å². The molecule has 3 rings (SSSR count). The van der Waals surface area contributed by atoms with Gasteiger partial charge in [0.2, 0.25) is 5.91 Å². The molecule has 1 heterocycles. The van der Waals surface area contributed by atoms with Crippen LogP contribution in [0.3, 0.4) is 0 Å². The summed E-state index contributed by atoms with van der Waals surface area (Å²) in [7, 11) is 3.26. The Kier molecular flexibility index (Phi) is 7.95. The lowest BCUT2D eigenvalue weighted by atomic mass is 9.99. The first-order chi connectivity index (χ1) is 15.4. The number of benzene rings is 2. The molecule has 0 bridgehead atoms. The van der Waals surface area contributed by atoms with Gasteiger partial charge < -0.3 is 23.9 Å². The number of ether oxygens (including phenoxy) is 3. The van der Waals surface area contributed by atoms with Crippen molar-refractivity contribution in [2.75, 3.05) is 27.4 Å². The Hall–Kier alpha value is -3.25. The Morgan fingerprint density at radius 2 is 1.88 bits per heavy atom. The van der Waals surface area contributed by atoms with E-state index in [2.05, 4.69) is 5.32 Å². The van der Waals surface area contributed by atoms with Crippen LogP contribution >= 0.6 is 0 Å². The van der Waals surface area contributed by atoms with Gasteiger partial charge in [0.1, 0.15) is 17.1 Å². The highest BCUT2D eigenvalue weighted by Crippen LogP contribution is 2.37. The molecule has 0 unspecified atom stereocenters. The number of nitrogens with one attached hydrogen (secondary N) is 1. The first-order valence-electron chi connectivity index (χ1n) is 10.7. The van der Waals surface area contributed by atoms with E-state index in [1.807, 2.05) is 57.2 Å². The molecule has 6 nitrogen and oxygen atoms in total. The van der Waals surface area contributed by atoms with E-state index in [4.69, 9.17) is 18.6 Å². The molecule has 1 amide bonds.